The summed E-state index contributed by atoms with van der Waals surface area (Å²) < 4.78 is 23.3. The van der Waals surface area contributed by atoms with Gasteiger partial charge in [0.1, 0.15) is 0 Å². The molecule has 0 spiro atoms. The van der Waals surface area contributed by atoms with E-state index in [-0.39, 0.29) is 0 Å². The van der Waals surface area contributed by atoms with Crippen molar-refractivity contribution < 1.29 is 8.42 Å². The number of rotatable bonds is 8. The van der Waals surface area contributed by atoms with Crippen LogP contribution in [-0.4, -0.2) is 34.2 Å². The van der Waals surface area contributed by atoms with Crippen LogP contribution in [0, 0.1) is 12.8 Å². The van der Waals surface area contributed by atoms with Gasteiger partial charge in [-0.05, 0) is 36.5 Å². The van der Waals surface area contributed by atoms with E-state index < -0.39 is 9.84 Å². The normalized spacial score (nSPS) is 12.5. The van der Waals surface area contributed by atoms with E-state index in [0.29, 0.717) is 11.4 Å². The molecule has 0 saturated carbocycles. The summed E-state index contributed by atoms with van der Waals surface area (Å²) in [6.45, 7) is 7.81. The molecule has 0 heterocycles. The second kappa shape index (κ2) is 9.67. The molecular formula is C18H31N3O2S. The molecule has 0 aliphatic rings. The van der Waals surface area contributed by atoms with Crippen LogP contribution in [0.15, 0.2) is 28.1 Å². The van der Waals surface area contributed by atoms with Crippen LogP contribution in [0.25, 0.3) is 0 Å². The number of aryl methyl sites for hydroxylation is 1. The molecule has 0 aliphatic carbocycles. The van der Waals surface area contributed by atoms with E-state index in [0.717, 1.165) is 36.0 Å². The zero-order chi connectivity index (χ0) is 18.2. The number of guanidine groups is 1. The highest BCUT2D eigenvalue weighted by molar-refractivity contribution is 7.90. The first kappa shape index (κ1) is 20.5. The Kier molecular flexibility index (Phi) is 8.25. The molecule has 0 unspecified atom stereocenters. The van der Waals surface area contributed by atoms with Gasteiger partial charge in [0.15, 0.2) is 15.8 Å². The van der Waals surface area contributed by atoms with Crippen molar-refractivity contribution in [2.45, 2.75) is 51.5 Å². The third-order valence-corrected chi connectivity index (χ3v) is 5.08. The highest BCUT2D eigenvalue weighted by atomic mass is 32.2. The predicted molar refractivity (Wildman–Crippen MR) is 101 cm³/mol. The van der Waals surface area contributed by atoms with Crippen molar-refractivity contribution in [3.05, 3.63) is 29.3 Å². The molecule has 2 N–H and O–H groups in total. The molecule has 5 nitrogen and oxygen atoms in total. The highest BCUT2D eigenvalue weighted by Gasteiger charge is 2.10. The van der Waals surface area contributed by atoms with Crippen LogP contribution >= 0.6 is 0 Å². The van der Waals surface area contributed by atoms with Crippen molar-refractivity contribution in [2.75, 3.05) is 19.8 Å². The Balaban J connectivity index is 2.48. The first-order chi connectivity index (χ1) is 11.2. The lowest BCUT2D eigenvalue weighted by Gasteiger charge is -2.13. The topological polar surface area (TPSA) is 70.6 Å². The summed E-state index contributed by atoms with van der Waals surface area (Å²) in [4.78, 5) is 4.60. The maximum absolute atomic E-state index is 11.6. The molecule has 1 aromatic carbocycles. The number of sulfone groups is 1. The third-order valence-electron chi connectivity index (χ3n) is 3.82. The average molecular weight is 354 g/mol. The van der Waals surface area contributed by atoms with E-state index in [1.807, 2.05) is 19.1 Å². The van der Waals surface area contributed by atoms with E-state index in [2.05, 4.69) is 29.5 Å². The van der Waals surface area contributed by atoms with Crippen LogP contribution < -0.4 is 10.6 Å². The number of hydrogen-bond acceptors (Lipinski definition) is 3. The summed E-state index contributed by atoms with van der Waals surface area (Å²) in [7, 11) is -1.41. The molecule has 6 heteroatoms. The lowest BCUT2D eigenvalue weighted by molar-refractivity contribution is 0.534. The van der Waals surface area contributed by atoms with Crippen molar-refractivity contribution >= 4 is 15.8 Å². The van der Waals surface area contributed by atoms with Gasteiger partial charge < -0.3 is 10.6 Å². The fourth-order valence-electron chi connectivity index (χ4n) is 2.53. The molecule has 0 atom stereocenters. The first-order valence-corrected chi connectivity index (χ1v) is 10.4. The second-order valence-electron chi connectivity index (χ2n) is 6.61. The van der Waals surface area contributed by atoms with E-state index in [9.17, 15) is 8.42 Å². The van der Waals surface area contributed by atoms with Crippen LogP contribution in [0.2, 0.25) is 0 Å². The van der Waals surface area contributed by atoms with Gasteiger partial charge in [0.2, 0.25) is 0 Å². The zero-order valence-electron chi connectivity index (χ0n) is 15.5. The fourth-order valence-corrected chi connectivity index (χ4v) is 3.49. The van der Waals surface area contributed by atoms with Crippen molar-refractivity contribution in [2.24, 2.45) is 10.9 Å². The molecule has 0 bridgehead atoms. The van der Waals surface area contributed by atoms with Gasteiger partial charge in [0, 0.05) is 26.4 Å². The maximum Gasteiger partial charge on any atom is 0.191 e. The Morgan fingerprint density at radius 2 is 1.92 bits per heavy atom. The van der Waals surface area contributed by atoms with Crippen molar-refractivity contribution in [3.63, 3.8) is 0 Å². The van der Waals surface area contributed by atoms with Gasteiger partial charge in [-0.15, -0.1) is 0 Å². The molecule has 0 fully saturated rings. The minimum Gasteiger partial charge on any atom is -0.356 e. The van der Waals surface area contributed by atoms with Gasteiger partial charge >= 0.3 is 0 Å². The number of nitrogens with one attached hydrogen (secondary N) is 2. The maximum atomic E-state index is 11.6. The summed E-state index contributed by atoms with van der Waals surface area (Å²) in [5, 5.41) is 6.57. The summed E-state index contributed by atoms with van der Waals surface area (Å²) in [6, 6.07) is 5.41. The Morgan fingerprint density at radius 3 is 2.46 bits per heavy atom. The van der Waals surface area contributed by atoms with Crippen molar-refractivity contribution in [3.8, 4) is 0 Å². The summed E-state index contributed by atoms with van der Waals surface area (Å²) >= 11 is 0. The van der Waals surface area contributed by atoms with Gasteiger partial charge in [-0.1, -0.05) is 38.8 Å². The van der Waals surface area contributed by atoms with E-state index in [1.165, 1.54) is 19.1 Å². The lowest BCUT2D eigenvalue weighted by atomic mass is 10.1. The van der Waals surface area contributed by atoms with E-state index in [4.69, 9.17) is 0 Å². The third kappa shape index (κ3) is 7.34. The Labute approximate surface area is 146 Å². The molecule has 0 aliphatic heterocycles. The molecule has 0 amide bonds. The Bertz CT molecular complexity index is 652. The van der Waals surface area contributed by atoms with E-state index in [1.54, 1.807) is 13.1 Å². The number of unbranched alkanes of at least 4 members (excludes halogenated alkanes) is 1. The van der Waals surface area contributed by atoms with Crippen LogP contribution in [0.3, 0.4) is 0 Å². The predicted octanol–water partition coefficient (Wildman–Crippen LogP) is 2.89. The number of benzene rings is 1. The van der Waals surface area contributed by atoms with Gasteiger partial charge in [-0.3, -0.25) is 4.99 Å². The number of aliphatic imine (C=N–C) groups is 1. The van der Waals surface area contributed by atoms with Crippen LogP contribution in [0.1, 0.15) is 44.2 Å². The molecule has 24 heavy (non-hydrogen) atoms. The van der Waals surface area contributed by atoms with Crippen LogP contribution in [0.5, 0.6) is 0 Å². The summed E-state index contributed by atoms with van der Waals surface area (Å²) in [6.07, 6.45) is 4.83. The van der Waals surface area contributed by atoms with Crippen molar-refractivity contribution in [1.29, 1.82) is 0 Å². The van der Waals surface area contributed by atoms with Gasteiger partial charge in [0.05, 0.1) is 4.90 Å². The Hall–Kier alpha value is -1.56. The van der Waals surface area contributed by atoms with Crippen LogP contribution in [-0.2, 0) is 16.4 Å². The summed E-state index contributed by atoms with van der Waals surface area (Å²) in [5.74, 6) is 1.52. The molecular weight excluding hydrogens is 322 g/mol. The van der Waals surface area contributed by atoms with Gasteiger partial charge in [0.25, 0.3) is 0 Å². The SMILES string of the molecule is CN=C(NCCCCC(C)C)NCc1ccc(S(C)(=O)=O)c(C)c1. The molecule has 0 aromatic heterocycles. The smallest absolute Gasteiger partial charge is 0.191 e. The zero-order valence-corrected chi connectivity index (χ0v) is 16.3. The molecule has 136 valence electrons. The molecule has 0 radical (unpaired) electrons. The minimum atomic E-state index is -3.17. The quantitative estimate of drug-likeness (QED) is 0.428. The lowest BCUT2D eigenvalue weighted by Crippen LogP contribution is -2.37. The second-order valence-corrected chi connectivity index (χ2v) is 8.60. The average Bonchev–Trinajstić information content (AvgIpc) is 2.48. The van der Waals surface area contributed by atoms with Gasteiger partial charge in [-0.2, -0.15) is 0 Å². The number of hydrogen-bond donors (Lipinski definition) is 2. The monoisotopic (exact) mass is 353 g/mol. The fraction of sp³-hybridized carbons (Fsp3) is 0.611. The van der Waals surface area contributed by atoms with Crippen molar-refractivity contribution in [1.82, 2.24) is 10.6 Å². The van der Waals surface area contributed by atoms with E-state index >= 15 is 0 Å². The number of nitrogens with zero attached hydrogens (tertiary/aromatic N) is 1. The molecule has 1 rings (SSSR count). The summed E-state index contributed by atoms with van der Waals surface area (Å²) in [5.41, 5.74) is 1.80. The molecule has 1 aromatic rings. The highest BCUT2D eigenvalue weighted by Crippen LogP contribution is 2.16. The van der Waals surface area contributed by atoms with Crippen LogP contribution in [0.4, 0.5) is 0 Å². The van der Waals surface area contributed by atoms with Gasteiger partial charge in [-0.25, -0.2) is 8.42 Å². The largest absolute Gasteiger partial charge is 0.356 e. The molecule has 0 saturated heterocycles. The first-order valence-electron chi connectivity index (χ1n) is 8.48. The minimum absolute atomic E-state index is 0.388. The standard InChI is InChI=1S/C18H31N3O2S/c1-14(2)8-6-7-11-20-18(19-4)21-13-16-9-10-17(15(3)12-16)24(5,22)23/h9-10,12,14H,6-8,11,13H2,1-5H3,(H2,19,20,21). The Morgan fingerprint density at radius 1 is 1.21 bits per heavy atom.